The van der Waals surface area contributed by atoms with Crippen molar-refractivity contribution in [2.24, 2.45) is 0 Å². The highest BCUT2D eigenvalue weighted by molar-refractivity contribution is 8.56. The number of hydrogen-bond donors (Lipinski definition) is 1. The molecule has 0 aliphatic carbocycles. The third kappa shape index (κ3) is 3.32. The molecule has 19 heavy (non-hydrogen) atoms. The van der Waals surface area contributed by atoms with Crippen LogP contribution in [0.3, 0.4) is 0 Å². The Bertz CT molecular complexity index is 428. The molecule has 1 aliphatic heterocycles. The van der Waals surface area contributed by atoms with E-state index in [-0.39, 0.29) is 16.3 Å². The van der Waals surface area contributed by atoms with Gasteiger partial charge in [-0.3, -0.25) is 14.0 Å². The summed E-state index contributed by atoms with van der Waals surface area (Å²) in [6, 6.07) is 0. The zero-order valence-electron chi connectivity index (χ0n) is 11.9. The number of carbonyl (C=O) groups is 1. The maximum Gasteiger partial charge on any atom is 0.356 e. The summed E-state index contributed by atoms with van der Waals surface area (Å²) in [6.07, 6.45) is 0.865. The van der Waals surface area contributed by atoms with Gasteiger partial charge in [0.25, 0.3) is 5.91 Å². The summed E-state index contributed by atoms with van der Waals surface area (Å²) >= 11 is 6.40. The van der Waals surface area contributed by atoms with Crippen molar-refractivity contribution in [3.8, 4) is 0 Å². The van der Waals surface area contributed by atoms with Crippen LogP contribution in [0.5, 0.6) is 0 Å². The highest BCUT2D eigenvalue weighted by Gasteiger charge is 2.53. The van der Waals surface area contributed by atoms with Crippen LogP contribution in [0.1, 0.15) is 41.0 Å². The van der Waals surface area contributed by atoms with Gasteiger partial charge in [0.2, 0.25) is 0 Å². The molecule has 5 nitrogen and oxygen atoms in total. The van der Waals surface area contributed by atoms with Crippen LogP contribution < -0.4 is 5.32 Å². The van der Waals surface area contributed by atoms with Gasteiger partial charge in [0.05, 0.1) is 6.61 Å². The number of hydrogen-bond acceptors (Lipinski definition) is 5. The van der Waals surface area contributed by atoms with Crippen molar-refractivity contribution in [3.05, 3.63) is 0 Å². The van der Waals surface area contributed by atoms with Gasteiger partial charge in [-0.2, -0.15) is 0 Å². The monoisotopic (exact) mass is 324 g/mol. The number of carbonyl (C=O) groups excluding carboxylic acids is 1. The second-order valence-corrected chi connectivity index (χ2v) is 9.86. The lowest BCUT2D eigenvalue weighted by atomic mass is 10.1. The van der Waals surface area contributed by atoms with Gasteiger partial charge in [-0.25, -0.2) is 0 Å². The molecule has 1 N–H and O–H groups in total. The summed E-state index contributed by atoms with van der Waals surface area (Å²) in [6.45, 7) is 6.26. The number of thiocarbonyl (C=S) groups is 1. The number of nitrogens with one attached hydrogen (secondary N) is 1. The minimum Gasteiger partial charge on any atom is -0.306 e. The predicted octanol–water partition coefficient (Wildman–Crippen LogP) is 3.16. The molecule has 8 heteroatoms. The fraction of sp³-hybridized carbons (Fsp3) is 0.818. The Morgan fingerprint density at radius 2 is 2.11 bits per heavy atom. The van der Waals surface area contributed by atoms with Crippen molar-refractivity contribution in [2.45, 2.75) is 51.8 Å². The molecule has 0 saturated carbocycles. The van der Waals surface area contributed by atoms with E-state index in [1.54, 1.807) is 20.8 Å². The average Bonchev–Trinajstić information content (AvgIpc) is 2.48. The van der Waals surface area contributed by atoms with E-state index in [0.29, 0.717) is 6.61 Å². The normalized spacial score (nSPS) is 23.1. The minimum atomic E-state index is -3.23. The predicted molar refractivity (Wildman–Crippen MR) is 83.2 cm³/mol. The Morgan fingerprint density at radius 1 is 1.53 bits per heavy atom. The topological polar surface area (TPSA) is 58.6 Å². The van der Waals surface area contributed by atoms with E-state index >= 15 is 0 Å². The first-order valence-electron chi connectivity index (χ1n) is 6.28. The number of nitrogens with zero attached hydrogens (tertiary/aromatic N) is 1. The van der Waals surface area contributed by atoms with Gasteiger partial charge in [0.15, 0.2) is 5.11 Å². The maximum absolute atomic E-state index is 13.1. The molecule has 0 radical (unpaired) electrons. The summed E-state index contributed by atoms with van der Waals surface area (Å²) in [5, 5.41) is 2.91. The zero-order chi connectivity index (χ0) is 14.8. The first-order chi connectivity index (χ1) is 8.69. The Kier molecular flexibility index (Phi) is 5.46. The van der Waals surface area contributed by atoms with Crippen molar-refractivity contribution in [3.63, 3.8) is 0 Å². The molecule has 0 aromatic rings. The van der Waals surface area contributed by atoms with E-state index in [9.17, 15) is 9.36 Å². The Balaban J connectivity index is 3.14. The van der Waals surface area contributed by atoms with Gasteiger partial charge >= 0.3 is 6.72 Å². The molecule has 0 spiro atoms. The smallest absolute Gasteiger partial charge is 0.306 e. The second-order valence-electron chi connectivity index (χ2n) is 4.84. The van der Waals surface area contributed by atoms with Crippen molar-refractivity contribution in [1.82, 2.24) is 9.99 Å². The first-order valence-corrected chi connectivity index (χ1v) is 9.75. The van der Waals surface area contributed by atoms with Gasteiger partial charge in [-0.15, -0.1) is 0 Å². The average molecular weight is 324 g/mol. The SMILES string of the molecule is CCOP(=O)(SC(C)CC)N1C(=S)NC(=O)C1(C)C. The fourth-order valence-electron chi connectivity index (χ4n) is 1.67. The number of amides is 1. The lowest BCUT2D eigenvalue weighted by Crippen LogP contribution is -2.42. The molecular weight excluding hydrogens is 303 g/mol. The quantitative estimate of drug-likeness (QED) is 0.598. The van der Waals surface area contributed by atoms with E-state index in [1.165, 1.54) is 16.1 Å². The summed E-state index contributed by atoms with van der Waals surface area (Å²) in [4.78, 5) is 11.9. The van der Waals surface area contributed by atoms with Crippen molar-refractivity contribution in [2.75, 3.05) is 6.61 Å². The van der Waals surface area contributed by atoms with Gasteiger partial charge < -0.3 is 9.84 Å². The first kappa shape index (κ1) is 17.0. The van der Waals surface area contributed by atoms with E-state index in [1.807, 2.05) is 13.8 Å². The lowest BCUT2D eigenvalue weighted by molar-refractivity contribution is -0.124. The van der Waals surface area contributed by atoms with Crippen LogP contribution in [0, 0.1) is 0 Å². The van der Waals surface area contributed by atoms with Crippen molar-refractivity contribution >= 4 is 41.3 Å². The maximum atomic E-state index is 13.1. The second kappa shape index (κ2) is 6.12. The molecule has 1 rings (SSSR count). The van der Waals surface area contributed by atoms with Gasteiger partial charge in [0.1, 0.15) is 5.54 Å². The summed E-state index contributed by atoms with van der Waals surface area (Å²) in [5.74, 6) is -0.248. The molecule has 2 unspecified atom stereocenters. The zero-order valence-corrected chi connectivity index (χ0v) is 14.5. The van der Waals surface area contributed by atoms with E-state index in [2.05, 4.69) is 5.32 Å². The Morgan fingerprint density at radius 3 is 2.47 bits per heavy atom. The minimum absolute atomic E-state index is 0.159. The third-order valence-electron chi connectivity index (χ3n) is 2.92. The lowest BCUT2D eigenvalue weighted by Gasteiger charge is -2.35. The molecule has 1 fully saturated rings. The van der Waals surface area contributed by atoms with Crippen LogP contribution in [0.2, 0.25) is 0 Å². The highest BCUT2D eigenvalue weighted by Crippen LogP contribution is 2.67. The van der Waals surface area contributed by atoms with E-state index in [4.69, 9.17) is 16.7 Å². The van der Waals surface area contributed by atoms with Crippen LogP contribution in [0.15, 0.2) is 0 Å². The molecule has 1 aliphatic rings. The fourth-order valence-corrected chi connectivity index (χ4v) is 8.10. The van der Waals surface area contributed by atoms with Crippen molar-refractivity contribution < 1.29 is 13.9 Å². The molecule has 1 amide bonds. The van der Waals surface area contributed by atoms with Crippen LogP contribution in [0.25, 0.3) is 0 Å². The van der Waals surface area contributed by atoms with Crippen molar-refractivity contribution in [1.29, 1.82) is 0 Å². The Labute approximate surface area is 124 Å². The van der Waals surface area contributed by atoms with Gasteiger partial charge in [-0.05, 0) is 50.8 Å². The Hall–Kier alpha value is -0.100. The third-order valence-corrected chi connectivity index (χ3v) is 8.76. The summed E-state index contributed by atoms with van der Waals surface area (Å²) < 4.78 is 20.1. The molecule has 110 valence electrons. The molecule has 2 atom stereocenters. The van der Waals surface area contributed by atoms with Crippen LogP contribution in [-0.2, 0) is 13.9 Å². The van der Waals surface area contributed by atoms with Gasteiger partial charge in [-0.1, -0.05) is 13.8 Å². The molecule has 0 aromatic heterocycles. The molecule has 0 aromatic carbocycles. The van der Waals surface area contributed by atoms with Crippen LogP contribution >= 0.6 is 30.3 Å². The molecule has 0 bridgehead atoms. The molecule has 1 heterocycles. The van der Waals surface area contributed by atoms with E-state index in [0.717, 1.165) is 6.42 Å². The van der Waals surface area contributed by atoms with Crippen LogP contribution in [-0.4, -0.2) is 33.1 Å². The van der Waals surface area contributed by atoms with Crippen LogP contribution in [0.4, 0.5) is 0 Å². The standard InChI is InChI=1S/C11H21N2O3PS2/c1-6-8(3)19-17(15,16-7-2)13-10(18)12-9(14)11(13,4)5/h8H,6-7H2,1-5H3,(H,12,14,18). The molecular formula is C11H21N2O3PS2. The van der Waals surface area contributed by atoms with E-state index < -0.39 is 12.3 Å². The highest BCUT2D eigenvalue weighted by atomic mass is 32.7. The largest absolute Gasteiger partial charge is 0.356 e. The summed E-state index contributed by atoms with van der Waals surface area (Å²) in [5.41, 5.74) is -0.956. The molecule has 1 saturated heterocycles. The number of rotatable bonds is 6. The van der Waals surface area contributed by atoms with Gasteiger partial charge in [0, 0.05) is 5.25 Å². The summed E-state index contributed by atoms with van der Waals surface area (Å²) in [7, 11) is 0.